The zero-order valence-electron chi connectivity index (χ0n) is 16.5. The van der Waals surface area contributed by atoms with Crippen LogP contribution < -0.4 is 10.6 Å². The summed E-state index contributed by atoms with van der Waals surface area (Å²) in [5.74, 6) is 0.162. The number of nitrogens with one attached hydrogen (secondary N) is 2. The number of amides is 1. The molecule has 0 atom stereocenters. The van der Waals surface area contributed by atoms with Crippen molar-refractivity contribution in [2.24, 2.45) is 10.9 Å². The molecule has 0 aromatic heterocycles. The average molecular weight is 392 g/mol. The van der Waals surface area contributed by atoms with E-state index in [9.17, 15) is 14.0 Å². The van der Waals surface area contributed by atoms with Crippen molar-refractivity contribution in [2.45, 2.75) is 26.2 Å². The molecule has 0 spiro atoms. The SMILES string of the molecule is CCNC(=NCCNC(=O)Cc1ccc(F)cc1)N1CCC(C(=O)OC)CC1. The summed E-state index contributed by atoms with van der Waals surface area (Å²) < 4.78 is 17.7. The quantitative estimate of drug-likeness (QED) is 0.317. The molecule has 154 valence electrons. The second-order valence-electron chi connectivity index (χ2n) is 6.67. The molecule has 0 aliphatic carbocycles. The van der Waals surface area contributed by atoms with Gasteiger partial charge in [-0.2, -0.15) is 0 Å². The summed E-state index contributed by atoms with van der Waals surface area (Å²) in [6.45, 7) is 5.10. The van der Waals surface area contributed by atoms with Crippen LogP contribution in [0.25, 0.3) is 0 Å². The van der Waals surface area contributed by atoms with Gasteiger partial charge < -0.3 is 20.3 Å². The first kappa shape index (κ1) is 21.7. The monoisotopic (exact) mass is 392 g/mol. The predicted molar refractivity (Wildman–Crippen MR) is 105 cm³/mol. The second-order valence-corrected chi connectivity index (χ2v) is 6.67. The Morgan fingerprint density at radius 3 is 2.50 bits per heavy atom. The molecule has 1 fully saturated rings. The van der Waals surface area contributed by atoms with Gasteiger partial charge in [0.25, 0.3) is 0 Å². The summed E-state index contributed by atoms with van der Waals surface area (Å²) >= 11 is 0. The number of benzene rings is 1. The number of halogens is 1. The Labute approximate surface area is 165 Å². The minimum atomic E-state index is -0.315. The molecule has 1 amide bonds. The van der Waals surface area contributed by atoms with E-state index in [-0.39, 0.29) is 30.0 Å². The molecule has 0 radical (unpaired) electrons. The van der Waals surface area contributed by atoms with Crippen LogP contribution in [0.5, 0.6) is 0 Å². The number of carbonyl (C=O) groups is 2. The van der Waals surface area contributed by atoms with E-state index in [0.717, 1.165) is 44.0 Å². The van der Waals surface area contributed by atoms with Crippen molar-refractivity contribution in [1.29, 1.82) is 0 Å². The lowest BCUT2D eigenvalue weighted by Crippen LogP contribution is -2.47. The summed E-state index contributed by atoms with van der Waals surface area (Å²) in [6.07, 6.45) is 1.70. The lowest BCUT2D eigenvalue weighted by Gasteiger charge is -2.33. The van der Waals surface area contributed by atoms with Crippen molar-refractivity contribution in [2.75, 3.05) is 39.8 Å². The largest absolute Gasteiger partial charge is 0.469 e. The van der Waals surface area contributed by atoms with E-state index < -0.39 is 0 Å². The first-order valence-corrected chi connectivity index (χ1v) is 9.65. The number of carbonyl (C=O) groups excluding carboxylic acids is 2. The molecule has 1 aromatic rings. The maximum absolute atomic E-state index is 12.9. The molecule has 1 heterocycles. The van der Waals surface area contributed by atoms with Crippen molar-refractivity contribution in [3.05, 3.63) is 35.6 Å². The predicted octanol–water partition coefficient (Wildman–Crippen LogP) is 1.33. The van der Waals surface area contributed by atoms with Gasteiger partial charge in [-0.15, -0.1) is 0 Å². The van der Waals surface area contributed by atoms with Gasteiger partial charge in [-0.3, -0.25) is 14.6 Å². The number of guanidine groups is 1. The van der Waals surface area contributed by atoms with E-state index in [4.69, 9.17) is 4.74 Å². The number of methoxy groups -OCH3 is 1. The molecule has 0 bridgehead atoms. The van der Waals surface area contributed by atoms with Crippen molar-refractivity contribution in [3.8, 4) is 0 Å². The van der Waals surface area contributed by atoms with Crippen LogP contribution in [0.1, 0.15) is 25.3 Å². The maximum Gasteiger partial charge on any atom is 0.308 e. The molecule has 1 aromatic carbocycles. The number of esters is 1. The van der Waals surface area contributed by atoms with Crippen LogP contribution in [0.15, 0.2) is 29.3 Å². The van der Waals surface area contributed by atoms with Crippen molar-refractivity contribution >= 4 is 17.8 Å². The normalized spacial score (nSPS) is 15.2. The number of hydrogen-bond donors (Lipinski definition) is 2. The molecule has 0 unspecified atom stereocenters. The van der Waals surface area contributed by atoms with Gasteiger partial charge in [0.2, 0.25) is 5.91 Å². The summed E-state index contributed by atoms with van der Waals surface area (Å²) in [6, 6.07) is 5.90. The molecule has 0 saturated carbocycles. The molecular weight excluding hydrogens is 363 g/mol. The Balaban J connectivity index is 1.77. The third-order valence-electron chi connectivity index (χ3n) is 4.64. The highest BCUT2D eigenvalue weighted by Crippen LogP contribution is 2.18. The summed E-state index contributed by atoms with van der Waals surface area (Å²) in [7, 11) is 1.42. The number of ether oxygens (including phenoxy) is 1. The minimum Gasteiger partial charge on any atom is -0.469 e. The summed E-state index contributed by atoms with van der Waals surface area (Å²) in [5, 5.41) is 6.08. The van der Waals surface area contributed by atoms with Crippen LogP contribution in [0.2, 0.25) is 0 Å². The van der Waals surface area contributed by atoms with Crippen LogP contribution in [-0.4, -0.2) is 62.6 Å². The third kappa shape index (κ3) is 6.83. The molecule has 8 heteroatoms. The zero-order chi connectivity index (χ0) is 20.4. The average Bonchev–Trinajstić information content (AvgIpc) is 2.71. The van der Waals surface area contributed by atoms with E-state index in [1.165, 1.54) is 19.2 Å². The van der Waals surface area contributed by atoms with Gasteiger partial charge in [0.15, 0.2) is 5.96 Å². The van der Waals surface area contributed by atoms with E-state index in [1.54, 1.807) is 12.1 Å². The minimum absolute atomic E-state index is 0.0464. The Morgan fingerprint density at radius 1 is 1.21 bits per heavy atom. The Hall–Kier alpha value is -2.64. The molecule has 1 aliphatic rings. The molecular formula is C20H29FN4O3. The van der Waals surface area contributed by atoms with E-state index >= 15 is 0 Å². The Kier molecular flexibility index (Phi) is 8.71. The number of likely N-dealkylation sites (tertiary alicyclic amines) is 1. The van der Waals surface area contributed by atoms with Crippen molar-refractivity contribution in [1.82, 2.24) is 15.5 Å². The summed E-state index contributed by atoms with van der Waals surface area (Å²) in [5.41, 5.74) is 0.768. The number of piperidine rings is 1. The fraction of sp³-hybridized carbons (Fsp3) is 0.550. The Morgan fingerprint density at radius 2 is 1.89 bits per heavy atom. The highest BCUT2D eigenvalue weighted by atomic mass is 19.1. The first-order valence-electron chi connectivity index (χ1n) is 9.65. The van der Waals surface area contributed by atoms with E-state index in [1.807, 2.05) is 6.92 Å². The van der Waals surface area contributed by atoms with Gasteiger partial charge in [-0.25, -0.2) is 4.39 Å². The van der Waals surface area contributed by atoms with Gasteiger partial charge in [0.1, 0.15) is 5.82 Å². The smallest absolute Gasteiger partial charge is 0.308 e. The standard InChI is InChI=1S/C20H29FN4O3/c1-3-22-20(25-12-8-16(9-13-25)19(27)28-2)24-11-10-23-18(26)14-15-4-6-17(21)7-5-15/h4-7,16H,3,8-14H2,1-2H3,(H,22,24)(H,23,26). The Bertz CT molecular complexity index is 671. The lowest BCUT2D eigenvalue weighted by molar-refractivity contribution is -0.146. The fourth-order valence-electron chi connectivity index (χ4n) is 3.13. The third-order valence-corrected chi connectivity index (χ3v) is 4.64. The van der Waals surface area contributed by atoms with Gasteiger partial charge in [-0.05, 0) is 37.5 Å². The first-order chi connectivity index (χ1) is 13.5. The van der Waals surface area contributed by atoms with Crippen molar-refractivity contribution < 1.29 is 18.7 Å². The molecule has 28 heavy (non-hydrogen) atoms. The van der Waals surface area contributed by atoms with Crippen LogP contribution in [-0.2, 0) is 20.7 Å². The van der Waals surface area contributed by atoms with Gasteiger partial charge >= 0.3 is 5.97 Å². The highest BCUT2D eigenvalue weighted by Gasteiger charge is 2.26. The van der Waals surface area contributed by atoms with Gasteiger partial charge in [-0.1, -0.05) is 12.1 Å². The molecule has 1 aliphatic heterocycles. The molecule has 7 nitrogen and oxygen atoms in total. The van der Waals surface area contributed by atoms with Crippen LogP contribution in [0.4, 0.5) is 4.39 Å². The molecule has 2 rings (SSSR count). The van der Waals surface area contributed by atoms with E-state index in [2.05, 4.69) is 20.5 Å². The maximum atomic E-state index is 12.9. The van der Waals surface area contributed by atoms with Gasteiger partial charge in [0.05, 0.1) is 26.0 Å². The zero-order valence-corrected chi connectivity index (χ0v) is 16.5. The second kappa shape index (κ2) is 11.3. The van der Waals surface area contributed by atoms with Crippen LogP contribution in [0.3, 0.4) is 0 Å². The van der Waals surface area contributed by atoms with E-state index in [0.29, 0.717) is 13.1 Å². The number of rotatable bonds is 7. The number of nitrogens with zero attached hydrogens (tertiary/aromatic N) is 2. The number of hydrogen-bond acceptors (Lipinski definition) is 4. The van der Waals surface area contributed by atoms with Gasteiger partial charge in [0, 0.05) is 26.2 Å². The van der Waals surface area contributed by atoms with Crippen molar-refractivity contribution in [3.63, 3.8) is 0 Å². The highest BCUT2D eigenvalue weighted by molar-refractivity contribution is 5.81. The fourth-order valence-corrected chi connectivity index (χ4v) is 3.13. The van der Waals surface area contributed by atoms with Crippen LogP contribution >= 0.6 is 0 Å². The molecule has 1 saturated heterocycles. The van der Waals surface area contributed by atoms with Crippen LogP contribution in [0, 0.1) is 11.7 Å². The topological polar surface area (TPSA) is 83.0 Å². The number of aliphatic imine (C=N–C) groups is 1. The molecule has 2 N–H and O–H groups in total. The lowest BCUT2D eigenvalue weighted by atomic mass is 9.97. The summed E-state index contributed by atoms with van der Waals surface area (Å²) in [4.78, 5) is 30.3.